The van der Waals surface area contributed by atoms with Gasteiger partial charge in [0.25, 0.3) is 0 Å². The van der Waals surface area contributed by atoms with Gasteiger partial charge in [0.1, 0.15) is 0 Å². The summed E-state index contributed by atoms with van der Waals surface area (Å²) >= 11 is 0. The minimum atomic E-state index is -0.176. The summed E-state index contributed by atoms with van der Waals surface area (Å²) < 4.78 is 0. The Labute approximate surface area is 107 Å². The molecular formula is C14H20N2O2. The van der Waals surface area contributed by atoms with Gasteiger partial charge in [0.05, 0.1) is 0 Å². The lowest BCUT2D eigenvalue weighted by Gasteiger charge is -2.18. The number of urea groups is 1. The first-order chi connectivity index (χ1) is 8.79. The predicted octanol–water partition coefficient (Wildman–Crippen LogP) is 2.22. The van der Waals surface area contributed by atoms with Gasteiger partial charge in [-0.15, -0.1) is 0 Å². The Morgan fingerprint density at radius 1 is 1.22 bits per heavy atom. The molecule has 1 aliphatic carbocycles. The van der Waals surface area contributed by atoms with Gasteiger partial charge in [-0.3, -0.25) is 0 Å². The molecule has 2 atom stereocenters. The number of hydrogen-bond donors (Lipinski definition) is 3. The summed E-state index contributed by atoms with van der Waals surface area (Å²) in [6.45, 7) is 0.872. The molecule has 18 heavy (non-hydrogen) atoms. The van der Waals surface area contributed by atoms with Crippen LogP contribution in [0.25, 0.3) is 0 Å². The molecule has 3 N–H and O–H groups in total. The molecule has 4 nitrogen and oxygen atoms in total. The molecule has 0 aliphatic heterocycles. The molecule has 1 aliphatic rings. The fourth-order valence-electron chi connectivity index (χ4n) is 2.54. The summed E-state index contributed by atoms with van der Waals surface area (Å²) in [5.41, 5.74) is 0.792. The number of carbonyl (C=O) groups is 1. The maximum Gasteiger partial charge on any atom is 0.319 e. The second-order valence-corrected chi connectivity index (χ2v) is 4.83. The van der Waals surface area contributed by atoms with Crippen LogP contribution in [-0.2, 0) is 0 Å². The van der Waals surface area contributed by atoms with Crippen LogP contribution in [0.4, 0.5) is 10.5 Å². The quantitative estimate of drug-likeness (QED) is 0.765. The molecule has 0 radical (unpaired) electrons. The van der Waals surface area contributed by atoms with Gasteiger partial charge in [0.15, 0.2) is 0 Å². The van der Waals surface area contributed by atoms with Crippen molar-refractivity contribution in [3.8, 4) is 0 Å². The largest absolute Gasteiger partial charge is 0.396 e. The summed E-state index contributed by atoms with van der Waals surface area (Å²) in [4.78, 5) is 11.7. The molecule has 4 heteroatoms. The smallest absolute Gasteiger partial charge is 0.319 e. The summed E-state index contributed by atoms with van der Waals surface area (Å²) in [7, 11) is 0. The van der Waals surface area contributed by atoms with Gasteiger partial charge < -0.3 is 15.7 Å². The predicted molar refractivity (Wildman–Crippen MR) is 71.4 cm³/mol. The number of aliphatic hydroxyl groups excluding tert-OH is 1. The molecule has 2 unspecified atom stereocenters. The molecule has 0 bridgehead atoms. The maximum absolute atomic E-state index is 11.7. The summed E-state index contributed by atoms with van der Waals surface area (Å²) in [6, 6.07) is 9.21. The highest BCUT2D eigenvalue weighted by Crippen LogP contribution is 2.30. The zero-order valence-electron chi connectivity index (χ0n) is 10.4. The average Bonchev–Trinajstić information content (AvgIpc) is 2.85. The molecule has 98 valence electrons. The Bertz CT molecular complexity index is 381. The molecule has 0 aromatic heterocycles. The first kappa shape index (κ1) is 12.9. The van der Waals surface area contributed by atoms with E-state index in [1.165, 1.54) is 0 Å². The Hall–Kier alpha value is -1.55. The minimum Gasteiger partial charge on any atom is -0.396 e. The van der Waals surface area contributed by atoms with Crippen molar-refractivity contribution in [1.82, 2.24) is 5.32 Å². The Morgan fingerprint density at radius 2 is 1.94 bits per heavy atom. The van der Waals surface area contributed by atoms with Crippen LogP contribution in [0, 0.1) is 11.8 Å². The van der Waals surface area contributed by atoms with Gasteiger partial charge in [-0.2, -0.15) is 0 Å². The lowest BCUT2D eigenvalue weighted by atomic mass is 9.97. The molecule has 1 aromatic rings. The van der Waals surface area contributed by atoms with E-state index in [4.69, 9.17) is 0 Å². The number of hydrogen-bond acceptors (Lipinski definition) is 2. The fraction of sp³-hybridized carbons (Fsp3) is 0.500. The van der Waals surface area contributed by atoms with E-state index in [-0.39, 0.29) is 12.6 Å². The molecule has 2 rings (SSSR count). The number of anilines is 1. The average molecular weight is 248 g/mol. The second kappa shape index (κ2) is 6.40. The topological polar surface area (TPSA) is 61.4 Å². The van der Waals surface area contributed by atoms with Gasteiger partial charge >= 0.3 is 6.03 Å². The molecule has 1 fully saturated rings. The number of aliphatic hydroxyl groups is 1. The van der Waals surface area contributed by atoms with Crippen LogP contribution in [0.2, 0.25) is 0 Å². The van der Waals surface area contributed by atoms with Crippen LogP contribution in [0.15, 0.2) is 30.3 Å². The second-order valence-electron chi connectivity index (χ2n) is 4.83. The number of carbonyl (C=O) groups excluding carboxylic acids is 1. The van der Waals surface area contributed by atoms with E-state index in [1.54, 1.807) is 0 Å². The highest BCUT2D eigenvalue weighted by molar-refractivity contribution is 5.89. The number of rotatable bonds is 4. The Kier molecular flexibility index (Phi) is 4.59. The van der Waals surface area contributed by atoms with Crippen molar-refractivity contribution in [2.24, 2.45) is 11.8 Å². The Morgan fingerprint density at radius 3 is 2.67 bits per heavy atom. The Balaban J connectivity index is 1.75. The highest BCUT2D eigenvalue weighted by Gasteiger charge is 2.26. The van der Waals surface area contributed by atoms with Crippen LogP contribution in [0.5, 0.6) is 0 Å². The van der Waals surface area contributed by atoms with Crippen molar-refractivity contribution < 1.29 is 9.90 Å². The van der Waals surface area contributed by atoms with E-state index in [1.807, 2.05) is 30.3 Å². The summed E-state index contributed by atoms with van der Waals surface area (Å²) in [5.74, 6) is 0.763. The van der Waals surface area contributed by atoms with Crippen molar-refractivity contribution >= 4 is 11.7 Å². The first-order valence-corrected chi connectivity index (χ1v) is 6.50. The molecule has 0 spiro atoms. The van der Waals surface area contributed by atoms with E-state index >= 15 is 0 Å². The number of benzene rings is 1. The molecule has 2 amide bonds. The van der Waals surface area contributed by atoms with Crippen molar-refractivity contribution in [2.45, 2.75) is 19.3 Å². The van der Waals surface area contributed by atoms with Crippen molar-refractivity contribution in [2.75, 3.05) is 18.5 Å². The third-order valence-corrected chi connectivity index (χ3v) is 3.61. The normalized spacial score (nSPS) is 22.7. The number of nitrogens with one attached hydrogen (secondary N) is 2. The molecule has 0 heterocycles. The zero-order valence-corrected chi connectivity index (χ0v) is 10.4. The SMILES string of the molecule is O=C(NCC1CCCC1CO)Nc1ccccc1. The van der Waals surface area contributed by atoms with Crippen LogP contribution >= 0.6 is 0 Å². The monoisotopic (exact) mass is 248 g/mol. The summed E-state index contributed by atoms with van der Waals surface area (Å²) in [5, 5.41) is 14.9. The third kappa shape index (κ3) is 3.47. The van der Waals surface area contributed by atoms with Crippen LogP contribution < -0.4 is 10.6 Å². The molecular weight excluding hydrogens is 228 g/mol. The van der Waals surface area contributed by atoms with Gasteiger partial charge in [-0.25, -0.2) is 4.79 Å². The lowest BCUT2D eigenvalue weighted by molar-refractivity contribution is 0.192. The van der Waals surface area contributed by atoms with Crippen molar-refractivity contribution in [3.63, 3.8) is 0 Å². The minimum absolute atomic E-state index is 0.176. The van der Waals surface area contributed by atoms with Crippen LogP contribution in [0.1, 0.15) is 19.3 Å². The van der Waals surface area contributed by atoms with E-state index in [2.05, 4.69) is 10.6 Å². The standard InChI is InChI=1S/C14H20N2O2/c17-10-12-6-4-5-11(12)9-15-14(18)16-13-7-2-1-3-8-13/h1-3,7-8,11-12,17H,4-6,9-10H2,(H2,15,16,18). The highest BCUT2D eigenvalue weighted by atomic mass is 16.3. The van der Waals surface area contributed by atoms with E-state index in [9.17, 15) is 9.90 Å². The fourth-order valence-corrected chi connectivity index (χ4v) is 2.54. The van der Waals surface area contributed by atoms with E-state index in [0.29, 0.717) is 18.4 Å². The summed E-state index contributed by atoms with van der Waals surface area (Å²) in [6.07, 6.45) is 3.32. The molecule has 0 saturated heterocycles. The molecule has 1 aromatic carbocycles. The van der Waals surface area contributed by atoms with Crippen molar-refractivity contribution in [3.05, 3.63) is 30.3 Å². The van der Waals surface area contributed by atoms with Crippen LogP contribution in [0.3, 0.4) is 0 Å². The van der Waals surface area contributed by atoms with Gasteiger partial charge in [-0.05, 0) is 36.8 Å². The van der Waals surface area contributed by atoms with Crippen LogP contribution in [-0.4, -0.2) is 24.3 Å². The van der Waals surface area contributed by atoms with Crippen molar-refractivity contribution in [1.29, 1.82) is 0 Å². The molecule has 1 saturated carbocycles. The first-order valence-electron chi connectivity index (χ1n) is 6.50. The third-order valence-electron chi connectivity index (χ3n) is 3.61. The van der Waals surface area contributed by atoms with Gasteiger partial charge in [-0.1, -0.05) is 24.6 Å². The lowest BCUT2D eigenvalue weighted by Crippen LogP contribution is -2.34. The maximum atomic E-state index is 11.7. The van der Waals surface area contributed by atoms with Gasteiger partial charge in [0, 0.05) is 18.8 Å². The number of amides is 2. The van der Waals surface area contributed by atoms with Gasteiger partial charge in [0.2, 0.25) is 0 Å². The van der Waals surface area contributed by atoms with E-state index in [0.717, 1.165) is 24.9 Å². The van der Waals surface area contributed by atoms with E-state index < -0.39 is 0 Å². The zero-order chi connectivity index (χ0) is 12.8. The number of para-hydroxylation sites is 1.